The van der Waals surface area contributed by atoms with Crippen LogP contribution in [-0.4, -0.2) is 32.8 Å². The quantitative estimate of drug-likeness (QED) is 0.248. The van der Waals surface area contributed by atoms with Crippen molar-refractivity contribution in [2.24, 2.45) is 0 Å². The van der Waals surface area contributed by atoms with Crippen LogP contribution in [0.1, 0.15) is 38.1 Å². The Morgan fingerprint density at radius 1 is 1.19 bits per heavy atom. The van der Waals surface area contributed by atoms with Crippen LogP contribution in [0.3, 0.4) is 0 Å². The molecule has 1 aromatic rings. The van der Waals surface area contributed by atoms with E-state index in [4.69, 9.17) is 21.1 Å². The average molecular weight is 489 g/mol. The zero-order chi connectivity index (χ0) is 19.5. The molecule has 0 bridgehead atoms. The minimum absolute atomic E-state index is 0.0727. The van der Waals surface area contributed by atoms with Crippen LogP contribution < -0.4 is 4.74 Å². The molecular formula is C20H22ClIO4. The van der Waals surface area contributed by atoms with E-state index in [-0.39, 0.29) is 21.2 Å². The third-order valence-corrected chi connectivity index (χ3v) is 5.67. The van der Waals surface area contributed by atoms with Gasteiger partial charge in [-0.15, -0.1) is 11.6 Å². The third-order valence-electron chi connectivity index (χ3n) is 3.69. The van der Waals surface area contributed by atoms with E-state index in [2.05, 4.69) is 22.6 Å². The number of halogens is 2. The highest BCUT2D eigenvalue weighted by molar-refractivity contribution is 14.1. The van der Waals surface area contributed by atoms with Crippen LogP contribution in [0.15, 0.2) is 48.1 Å². The molecule has 1 aliphatic carbocycles. The lowest BCUT2D eigenvalue weighted by Crippen LogP contribution is -2.40. The molecule has 140 valence electrons. The van der Waals surface area contributed by atoms with Crippen molar-refractivity contribution in [3.05, 3.63) is 53.6 Å². The summed E-state index contributed by atoms with van der Waals surface area (Å²) >= 11 is 8.33. The van der Waals surface area contributed by atoms with Gasteiger partial charge in [-0.25, -0.2) is 4.79 Å². The molecule has 0 N–H and O–H groups in total. The second-order valence-electron chi connectivity index (χ2n) is 6.79. The van der Waals surface area contributed by atoms with E-state index >= 15 is 0 Å². The molecule has 0 saturated carbocycles. The second kappa shape index (κ2) is 8.57. The number of alkyl halides is 2. The average Bonchev–Trinajstić information content (AvgIpc) is 2.56. The van der Waals surface area contributed by atoms with E-state index in [1.54, 1.807) is 58.0 Å². The Morgan fingerprint density at radius 2 is 1.81 bits per heavy atom. The molecule has 0 aromatic heterocycles. The number of hydrogen-bond donors (Lipinski definition) is 0. The summed E-state index contributed by atoms with van der Waals surface area (Å²) in [6.45, 7) is 6.88. The maximum Gasteiger partial charge on any atom is 0.350 e. The zero-order valence-corrected chi connectivity index (χ0v) is 18.1. The summed E-state index contributed by atoms with van der Waals surface area (Å²) in [7, 11) is 0. The van der Waals surface area contributed by atoms with Crippen molar-refractivity contribution < 1.29 is 19.1 Å². The molecule has 0 radical (unpaired) electrons. The topological polar surface area (TPSA) is 52.6 Å². The predicted octanol–water partition coefficient (Wildman–Crippen LogP) is 4.89. The fourth-order valence-corrected chi connectivity index (χ4v) is 3.08. The van der Waals surface area contributed by atoms with E-state index in [1.807, 2.05) is 12.2 Å². The molecule has 2 rings (SSSR count). The first-order chi connectivity index (χ1) is 12.1. The van der Waals surface area contributed by atoms with Gasteiger partial charge in [0.2, 0.25) is 0 Å². The molecule has 0 fully saturated rings. The Hall–Kier alpha value is -1.34. The molecule has 1 aromatic carbocycles. The van der Waals surface area contributed by atoms with E-state index in [1.165, 1.54) is 0 Å². The number of rotatable bonds is 6. The van der Waals surface area contributed by atoms with Crippen LogP contribution in [0.5, 0.6) is 5.75 Å². The lowest BCUT2D eigenvalue weighted by Gasteiger charge is -2.25. The Bertz CT molecular complexity index is 735. The summed E-state index contributed by atoms with van der Waals surface area (Å²) < 4.78 is 11.0. The van der Waals surface area contributed by atoms with Gasteiger partial charge in [0, 0.05) is 15.1 Å². The summed E-state index contributed by atoms with van der Waals surface area (Å²) in [6.07, 6.45) is 5.24. The summed E-state index contributed by atoms with van der Waals surface area (Å²) in [6, 6.07) is 6.73. The molecular weight excluding hydrogens is 467 g/mol. The van der Waals surface area contributed by atoms with Gasteiger partial charge in [-0.2, -0.15) is 0 Å². The molecule has 0 saturated heterocycles. The Labute approximate surface area is 172 Å². The Kier molecular flexibility index (Phi) is 6.91. The molecule has 4 nitrogen and oxygen atoms in total. The van der Waals surface area contributed by atoms with Crippen molar-refractivity contribution in [3.8, 4) is 5.75 Å². The number of carbonyl (C=O) groups excluding carboxylic acids is 2. The van der Waals surface area contributed by atoms with Crippen molar-refractivity contribution in [2.75, 3.05) is 0 Å². The van der Waals surface area contributed by atoms with Crippen LogP contribution in [0, 0.1) is 0 Å². The van der Waals surface area contributed by atoms with Crippen LogP contribution in [-0.2, 0) is 9.53 Å². The lowest BCUT2D eigenvalue weighted by atomic mass is 9.98. The summed E-state index contributed by atoms with van der Waals surface area (Å²) in [5.74, 6) is -0.0154. The number of Topliss-reactive ketones (excluding diaryl/α,β-unsaturated/α-hetero) is 1. The van der Waals surface area contributed by atoms with Crippen molar-refractivity contribution in [2.45, 2.75) is 48.7 Å². The molecule has 26 heavy (non-hydrogen) atoms. The number of ketones is 1. The first kappa shape index (κ1) is 21.0. The normalized spacial score (nSPS) is 19.9. The monoisotopic (exact) mass is 488 g/mol. The smallest absolute Gasteiger partial charge is 0.350 e. The zero-order valence-electron chi connectivity index (χ0n) is 15.2. The highest BCUT2D eigenvalue weighted by Gasteiger charge is 2.32. The lowest BCUT2D eigenvalue weighted by molar-refractivity contribution is -0.163. The minimum Gasteiger partial charge on any atom is -0.476 e. The summed E-state index contributed by atoms with van der Waals surface area (Å²) in [5.41, 5.74) is 0.0528. The van der Waals surface area contributed by atoms with Gasteiger partial charge in [-0.05, 0) is 52.0 Å². The van der Waals surface area contributed by atoms with Crippen molar-refractivity contribution in [1.82, 2.24) is 0 Å². The van der Waals surface area contributed by atoms with Crippen LogP contribution in [0.25, 0.3) is 0 Å². The predicted molar refractivity (Wildman–Crippen MR) is 111 cm³/mol. The summed E-state index contributed by atoms with van der Waals surface area (Å²) in [4.78, 5) is 24.7. The van der Waals surface area contributed by atoms with Gasteiger partial charge < -0.3 is 9.47 Å². The maximum atomic E-state index is 12.6. The number of allylic oxidation sites excluding steroid dienone is 4. The van der Waals surface area contributed by atoms with Gasteiger partial charge >= 0.3 is 5.97 Å². The Morgan fingerprint density at radius 3 is 2.35 bits per heavy atom. The molecule has 1 unspecified atom stereocenters. The number of esters is 1. The molecule has 0 spiro atoms. The van der Waals surface area contributed by atoms with Gasteiger partial charge in [0.1, 0.15) is 5.75 Å². The molecule has 6 heteroatoms. The number of hydrogen-bond acceptors (Lipinski definition) is 4. The second-order valence-corrected chi connectivity index (χ2v) is 8.73. The molecule has 0 aliphatic heterocycles. The molecule has 0 heterocycles. The number of benzene rings is 1. The molecule has 2 atom stereocenters. The van der Waals surface area contributed by atoms with Crippen molar-refractivity contribution in [3.63, 3.8) is 0 Å². The first-order valence-electron chi connectivity index (χ1n) is 8.33. The Balaban J connectivity index is 2.09. The fourth-order valence-electron chi connectivity index (χ4n) is 2.31. The first-order valence-corrected chi connectivity index (χ1v) is 10.0. The fraction of sp³-hybridized carbons (Fsp3) is 0.400. The number of carbonyl (C=O) groups is 2. The van der Waals surface area contributed by atoms with Crippen molar-refractivity contribution >= 4 is 45.9 Å². The van der Waals surface area contributed by atoms with Crippen LogP contribution >= 0.6 is 34.2 Å². The van der Waals surface area contributed by atoms with E-state index in [0.29, 0.717) is 16.9 Å². The van der Waals surface area contributed by atoms with Crippen LogP contribution in [0.2, 0.25) is 0 Å². The highest BCUT2D eigenvalue weighted by atomic mass is 127. The number of ether oxygens (including phenoxy) is 2. The van der Waals surface area contributed by atoms with Gasteiger partial charge in [0.05, 0.1) is 11.5 Å². The standard InChI is InChI=1S/C20H22ClIO4/c1-12(2)25-19(24)20(3,4)26-15-8-5-13(6-9-15)18(23)14-7-10-16(21)17(22)11-14/h5-12,16-17H,1-4H3/t16?,17-/m0/s1. The van der Waals surface area contributed by atoms with E-state index < -0.39 is 11.6 Å². The van der Waals surface area contributed by atoms with E-state index in [0.717, 1.165) is 0 Å². The molecule has 1 aliphatic rings. The summed E-state index contributed by atoms with van der Waals surface area (Å²) in [5, 5.41) is -0.101. The van der Waals surface area contributed by atoms with E-state index in [9.17, 15) is 9.59 Å². The minimum atomic E-state index is -1.12. The molecule has 0 amide bonds. The van der Waals surface area contributed by atoms with Gasteiger partial charge in [-0.1, -0.05) is 40.8 Å². The largest absolute Gasteiger partial charge is 0.476 e. The van der Waals surface area contributed by atoms with Gasteiger partial charge in [0.25, 0.3) is 0 Å². The van der Waals surface area contributed by atoms with Crippen molar-refractivity contribution in [1.29, 1.82) is 0 Å². The van der Waals surface area contributed by atoms with Crippen LogP contribution in [0.4, 0.5) is 0 Å². The SMILES string of the molecule is CC(C)OC(=O)C(C)(C)Oc1ccc(C(=O)C2=C[C@H](I)C(Cl)C=C2)cc1. The highest BCUT2D eigenvalue weighted by Crippen LogP contribution is 2.26. The maximum absolute atomic E-state index is 12.6. The van der Waals surface area contributed by atoms with Gasteiger partial charge in [-0.3, -0.25) is 4.79 Å². The van der Waals surface area contributed by atoms with Gasteiger partial charge in [0.15, 0.2) is 11.4 Å². The third kappa shape index (κ3) is 5.33.